The smallest absolute Gasteiger partial charge is 0.310 e. The largest absolute Gasteiger partial charge is 0.466 e. The fourth-order valence-electron chi connectivity index (χ4n) is 3.55. The molecule has 1 aliphatic rings. The Hall–Kier alpha value is -2.45. The first kappa shape index (κ1) is 20.8. The van der Waals surface area contributed by atoms with Crippen LogP contribution in [0.15, 0.2) is 46.8 Å². The molecule has 156 valence electrons. The molecule has 3 aromatic rings. The Morgan fingerprint density at radius 1 is 1.23 bits per heavy atom. The number of carbonyl (C=O) groups is 2. The van der Waals surface area contributed by atoms with E-state index >= 15 is 0 Å². The molecule has 1 unspecified atom stereocenters. The number of piperidine rings is 1. The van der Waals surface area contributed by atoms with Crippen LogP contribution in [0.25, 0.3) is 21.6 Å². The zero-order chi connectivity index (χ0) is 20.9. The molecule has 0 spiro atoms. The van der Waals surface area contributed by atoms with E-state index in [0.717, 1.165) is 33.6 Å². The van der Waals surface area contributed by atoms with Gasteiger partial charge in [-0.3, -0.25) is 9.59 Å². The topological polar surface area (TPSA) is 72.4 Å². The Labute approximate surface area is 183 Å². The lowest BCUT2D eigenvalue weighted by Gasteiger charge is -2.31. The third-order valence-electron chi connectivity index (χ3n) is 5.04. The molecule has 0 saturated carbocycles. The number of likely N-dealkylation sites (tertiary alicyclic amines) is 1. The summed E-state index contributed by atoms with van der Waals surface area (Å²) in [7, 11) is 0. The van der Waals surface area contributed by atoms with E-state index in [1.54, 1.807) is 23.2 Å². The van der Waals surface area contributed by atoms with Crippen LogP contribution in [0.1, 0.15) is 19.8 Å². The Morgan fingerprint density at radius 2 is 2.10 bits per heavy atom. The molecule has 30 heavy (non-hydrogen) atoms. The van der Waals surface area contributed by atoms with E-state index in [2.05, 4.69) is 4.98 Å². The SMILES string of the molecule is CCOC(=O)C1CCCN(C(=O)CSc2nc(-c3cccs3)nc3ccccc23)C1. The van der Waals surface area contributed by atoms with Crippen molar-refractivity contribution in [3.05, 3.63) is 41.8 Å². The first-order valence-electron chi connectivity index (χ1n) is 10.0. The number of aromatic nitrogens is 2. The highest BCUT2D eigenvalue weighted by Gasteiger charge is 2.29. The number of rotatable bonds is 6. The van der Waals surface area contributed by atoms with Crippen molar-refractivity contribution in [3.63, 3.8) is 0 Å². The minimum Gasteiger partial charge on any atom is -0.466 e. The molecule has 1 saturated heterocycles. The number of esters is 1. The number of thiophene rings is 1. The van der Waals surface area contributed by atoms with Crippen LogP contribution in [0.5, 0.6) is 0 Å². The number of carbonyl (C=O) groups excluding carboxylic acids is 2. The van der Waals surface area contributed by atoms with Crippen LogP contribution >= 0.6 is 23.1 Å². The second-order valence-corrected chi connectivity index (χ2v) is 8.98. The van der Waals surface area contributed by atoms with Gasteiger partial charge in [0.05, 0.1) is 28.7 Å². The molecule has 1 aliphatic heterocycles. The summed E-state index contributed by atoms with van der Waals surface area (Å²) in [5, 5.41) is 3.75. The van der Waals surface area contributed by atoms with E-state index in [-0.39, 0.29) is 23.5 Å². The van der Waals surface area contributed by atoms with Crippen molar-refractivity contribution >= 4 is 45.9 Å². The molecule has 0 N–H and O–H groups in total. The normalized spacial score (nSPS) is 16.6. The molecule has 1 fully saturated rings. The number of hydrogen-bond acceptors (Lipinski definition) is 7. The molecular formula is C22H23N3O3S2. The third-order valence-corrected chi connectivity index (χ3v) is 6.88. The van der Waals surface area contributed by atoms with Gasteiger partial charge in [-0.2, -0.15) is 0 Å². The third kappa shape index (κ3) is 4.65. The summed E-state index contributed by atoms with van der Waals surface area (Å²) in [6.07, 6.45) is 1.59. The highest BCUT2D eigenvalue weighted by molar-refractivity contribution is 8.00. The quantitative estimate of drug-likeness (QED) is 0.323. The maximum atomic E-state index is 12.9. The van der Waals surface area contributed by atoms with Crippen LogP contribution in [0.4, 0.5) is 0 Å². The van der Waals surface area contributed by atoms with Crippen LogP contribution in [0.2, 0.25) is 0 Å². The van der Waals surface area contributed by atoms with Crippen molar-refractivity contribution in [3.8, 4) is 10.7 Å². The van der Waals surface area contributed by atoms with Gasteiger partial charge in [-0.05, 0) is 37.3 Å². The monoisotopic (exact) mass is 441 g/mol. The van der Waals surface area contributed by atoms with Crippen molar-refractivity contribution in [2.45, 2.75) is 24.8 Å². The van der Waals surface area contributed by atoms with Crippen molar-refractivity contribution in [1.82, 2.24) is 14.9 Å². The second kappa shape index (κ2) is 9.57. The van der Waals surface area contributed by atoms with Gasteiger partial charge in [-0.25, -0.2) is 9.97 Å². The lowest BCUT2D eigenvalue weighted by Crippen LogP contribution is -2.43. The number of amides is 1. The first-order chi connectivity index (χ1) is 14.7. The Morgan fingerprint density at radius 3 is 2.90 bits per heavy atom. The van der Waals surface area contributed by atoms with Gasteiger partial charge in [0.15, 0.2) is 5.82 Å². The van der Waals surface area contributed by atoms with Crippen LogP contribution in [-0.2, 0) is 14.3 Å². The molecule has 0 radical (unpaired) electrons. The van der Waals surface area contributed by atoms with Crippen LogP contribution in [-0.4, -0.2) is 52.2 Å². The van der Waals surface area contributed by atoms with Crippen LogP contribution < -0.4 is 0 Å². The first-order valence-corrected chi connectivity index (χ1v) is 11.9. The van der Waals surface area contributed by atoms with Crippen molar-refractivity contribution in [2.75, 3.05) is 25.4 Å². The van der Waals surface area contributed by atoms with Crippen molar-refractivity contribution in [1.29, 1.82) is 0 Å². The number of thioether (sulfide) groups is 1. The molecule has 4 rings (SSSR count). The molecule has 1 aromatic carbocycles. The molecular weight excluding hydrogens is 418 g/mol. The summed E-state index contributed by atoms with van der Waals surface area (Å²) >= 11 is 3.02. The summed E-state index contributed by atoms with van der Waals surface area (Å²) in [4.78, 5) is 37.1. The summed E-state index contributed by atoms with van der Waals surface area (Å²) < 4.78 is 5.14. The van der Waals surface area contributed by atoms with Gasteiger partial charge in [0, 0.05) is 18.5 Å². The van der Waals surface area contributed by atoms with Gasteiger partial charge >= 0.3 is 5.97 Å². The molecule has 2 aromatic heterocycles. The van der Waals surface area contributed by atoms with E-state index in [1.165, 1.54) is 11.8 Å². The Balaban J connectivity index is 1.49. The van der Waals surface area contributed by atoms with E-state index in [9.17, 15) is 9.59 Å². The van der Waals surface area contributed by atoms with Crippen molar-refractivity contribution < 1.29 is 14.3 Å². The maximum absolute atomic E-state index is 12.9. The fourth-order valence-corrected chi connectivity index (χ4v) is 5.13. The second-order valence-electron chi connectivity index (χ2n) is 7.07. The number of hydrogen-bond donors (Lipinski definition) is 0. The zero-order valence-corrected chi connectivity index (χ0v) is 18.4. The maximum Gasteiger partial charge on any atom is 0.310 e. The Bertz CT molecular complexity index is 1040. The molecule has 0 aliphatic carbocycles. The number of para-hydroxylation sites is 1. The van der Waals surface area contributed by atoms with Gasteiger partial charge in [-0.1, -0.05) is 36.0 Å². The summed E-state index contributed by atoms with van der Waals surface area (Å²) in [5.41, 5.74) is 0.867. The number of benzene rings is 1. The molecule has 8 heteroatoms. The minimum atomic E-state index is -0.224. The molecule has 1 amide bonds. The van der Waals surface area contributed by atoms with Crippen LogP contribution in [0.3, 0.4) is 0 Å². The lowest BCUT2D eigenvalue weighted by molar-refractivity contribution is -0.151. The van der Waals surface area contributed by atoms with E-state index in [1.807, 2.05) is 41.8 Å². The summed E-state index contributed by atoms with van der Waals surface area (Å²) in [5.74, 6) is 0.553. The van der Waals surface area contributed by atoms with Gasteiger partial charge < -0.3 is 9.64 Å². The highest BCUT2D eigenvalue weighted by atomic mass is 32.2. The van der Waals surface area contributed by atoms with Gasteiger partial charge in [0.1, 0.15) is 5.03 Å². The lowest BCUT2D eigenvalue weighted by atomic mass is 9.98. The predicted octanol–water partition coefficient (Wildman–Crippen LogP) is 4.25. The predicted molar refractivity (Wildman–Crippen MR) is 120 cm³/mol. The minimum absolute atomic E-state index is 0.0226. The highest BCUT2D eigenvalue weighted by Crippen LogP contribution is 2.30. The number of nitrogens with zero attached hydrogens (tertiary/aromatic N) is 3. The van der Waals surface area contributed by atoms with E-state index in [0.29, 0.717) is 25.5 Å². The Kier molecular flexibility index (Phi) is 6.64. The molecule has 0 bridgehead atoms. The van der Waals surface area contributed by atoms with Gasteiger partial charge in [0.25, 0.3) is 0 Å². The average molecular weight is 442 g/mol. The number of fused-ring (bicyclic) bond motifs is 1. The molecule has 1 atom stereocenters. The van der Waals surface area contributed by atoms with E-state index < -0.39 is 0 Å². The zero-order valence-electron chi connectivity index (χ0n) is 16.7. The van der Waals surface area contributed by atoms with Gasteiger partial charge in [-0.15, -0.1) is 11.3 Å². The standard InChI is InChI=1S/C22H23N3O3S2/c1-2-28-22(27)15-7-5-11-25(13-15)19(26)14-30-21-16-8-3-4-9-17(16)23-20(24-21)18-10-6-12-29-18/h3-4,6,8-10,12,15H,2,5,7,11,13-14H2,1H3. The van der Waals surface area contributed by atoms with Gasteiger partial charge in [0.2, 0.25) is 5.91 Å². The number of ether oxygens (including phenoxy) is 1. The van der Waals surface area contributed by atoms with Crippen LogP contribution in [0, 0.1) is 5.92 Å². The summed E-state index contributed by atoms with van der Waals surface area (Å²) in [6.45, 7) is 3.28. The molecule has 3 heterocycles. The van der Waals surface area contributed by atoms with Crippen molar-refractivity contribution in [2.24, 2.45) is 5.92 Å². The van der Waals surface area contributed by atoms with E-state index in [4.69, 9.17) is 9.72 Å². The fraction of sp³-hybridized carbons (Fsp3) is 0.364. The summed E-state index contributed by atoms with van der Waals surface area (Å²) in [6, 6.07) is 11.8. The average Bonchev–Trinajstić information content (AvgIpc) is 3.32. The molecule has 6 nitrogen and oxygen atoms in total.